The third kappa shape index (κ3) is 3.35. The lowest BCUT2D eigenvalue weighted by atomic mass is 10.0. The second kappa shape index (κ2) is 6.61. The van der Waals surface area contributed by atoms with Crippen LogP contribution in [0.25, 0.3) is 0 Å². The van der Waals surface area contributed by atoms with Crippen molar-refractivity contribution < 1.29 is 14.4 Å². The van der Waals surface area contributed by atoms with Gasteiger partial charge in [-0.3, -0.25) is 14.4 Å². The van der Waals surface area contributed by atoms with Crippen LogP contribution in [0.5, 0.6) is 0 Å². The van der Waals surface area contributed by atoms with Gasteiger partial charge < -0.3 is 15.1 Å². The molecule has 1 saturated carbocycles. The topological polar surface area (TPSA) is 69.7 Å². The van der Waals surface area contributed by atoms with E-state index in [1.165, 1.54) is 0 Å². The first-order valence-electron chi connectivity index (χ1n) is 7.71. The zero-order valence-corrected chi connectivity index (χ0v) is 14.4. The van der Waals surface area contributed by atoms with Crippen molar-refractivity contribution in [2.75, 3.05) is 31.5 Å². The van der Waals surface area contributed by atoms with Crippen molar-refractivity contribution in [3.8, 4) is 0 Å². The summed E-state index contributed by atoms with van der Waals surface area (Å²) < 4.78 is 0. The van der Waals surface area contributed by atoms with E-state index in [-0.39, 0.29) is 11.8 Å². The smallest absolute Gasteiger partial charge is 0.240 e. The van der Waals surface area contributed by atoms with Crippen LogP contribution in [-0.4, -0.2) is 54.2 Å². The number of halogens is 2. The summed E-state index contributed by atoms with van der Waals surface area (Å²) in [5.74, 6) is -0.498. The summed E-state index contributed by atoms with van der Waals surface area (Å²) in [6.45, 7) is 1.90. The molecule has 0 spiro atoms. The number of hydrogen-bond acceptors (Lipinski definition) is 3. The minimum Gasteiger partial charge on any atom is -0.342 e. The van der Waals surface area contributed by atoms with Crippen LogP contribution in [0.15, 0.2) is 18.2 Å². The maximum absolute atomic E-state index is 12.7. The molecule has 1 aliphatic heterocycles. The molecule has 0 bridgehead atoms. The molecule has 2 fully saturated rings. The summed E-state index contributed by atoms with van der Waals surface area (Å²) in [6.07, 6.45) is 1.84. The van der Waals surface area contributed by atoms with Gasteiger partial charge in [0.2, 0.25) is 18.2 Å². The standard InChI is InChI=1S/C16H17Cl2N3O3/c17-11-7-12(18)9-13(8-11)19-14(23)16(1-2-16)15(24)21-5-3-20(10-22)4-6-21/h7-10H,1-6H2,(H,19,23). The summed E-state index contributed by atoms with van der Waals surface area (Å²) in [5.41, 5.74) is -0.527. The van der Waals surface area contributed by atoms with E-state index in [0.29, 0.717) is 54.8 Å². The highest BCUT2D eigenvalue weighted by Crippen LogP contribution is 2.48. The summed E-state index contributed by atoms with van der Waals surface area (Å²) >= 11 is 11.9. The maximum atomic E-state index is 12.7. The van der Waals surface area contributed by atoms with Gasteiger partial charge in [0.1, 0.15) is 5.41 Å². The predicted molar refractivity (Wildman–Crippen MR) is 91.0 cm³/mol. The molecule has 8 heteroatoms. The van der Waals surface area contributed by atoms with Crippen LogP contribution in [0.2, 0.25) is 10.0 Å². The molecule has 1 aromatic rings. The first kappa shape index (κ1) is 17.0. The molecule has 0 aromatic heterocycles. The van der Waals surface area contributed by atoms with E-state index in [0.717, 1.165) is 6.41 Å². The van der Waals surface area contributed by atoms with E-state index in [9.17, 15) is 14.4 Å². The molecule has 3 amide bonds. The Kier molecular flexibility index (Phi) is 4.69. The number of anilines is 1. The van der Waals surface area contributed by atoms with Crippen molar-refractivity contribution in [1.29, 1.82) is 0 Å². The Hall–Kier alpha value is -1.79. The zero-order chi connectivity index (χ0) is 17.3. The van der Waals surface area contributed by atoms with Crippen molar-refractivity contribution in [2.45, 2.75) is 12.8 Å². The molecule has 1 N–H and O–H groups in total. The van der Waals surface area contributed by atoms with Gasteiger partial charge in [0.25, 0.3) is 0 Å². The van der Waals surface area contributed by atoms with Crippen LogP contribution < -0.4 is 5.32 Å². The van der Waals surface area contributed by atoms with Crippen LogP contribution in [0.3, 0.4) is 0 Å². The second-order valence-corrected chi connectivity index (χ2v) is 7.00. The van der Waals surface area contributed by atoms with E-state index in [1.807, 2.05) is 0 Å². The lowest BCUT2D eigenvalue weighted by molar-refractivity contribution is -0.144. The molecule has 0 atom stereocenters. The Bertz CT molecular complexity index is 663. The molecule has 6 nitrogen and oxygen atoms in total. The third-order valence-corrected chi connectivity index (χ3v) is 4.90. The largest absolute Gasteiger partial charge is 0.342 e. The number of piperazine rings is 1. The fraction of sp³-hybridized carbons (Fsp3) is 0.438. The minimum absolute atomic E-state index is 0.168. The van der Waals surface area contributed by atoms with Crippen LogP contribution in [-0.2, 0) is 14.4 Å². The number of amides is 3. The van der Waals surface area contributed by atoms with Crippen molar-refractivity contribution in [3.05, 3.63) is 28.2 Å². The average Bonchev–Trinajstić information content (AvgIpc) is 3.35. The molecule has 1 aliphatic carbocycles. The van der Waals surface area contributed by atoms with Crippen molar-refractivity contribution in [1.82, 2.24) is 9.80 Å². The lowest BCUT2D eigenvalue weighted by Crippen LogP contribution is -2.52. The molecule has 1 saturated heterocycles. The Labute approximate surface area is 149 Å². The molecule has 0 radical (unpaired) electrons. The molecule has 1 heterocycles. The molecular formula is C16H17Cl2N3O3. The first-order valence-corrected chi connectivity index (χ1v) is 8.46. The van der Waals surface area contributed by atoms with Gasteiger partial charge in [-0.15, -0.1) is 0 Å². The highest BCUT2D eigenvalue weighted by Gasteiger charge is 2.58. The molecule has 0 unspecified atom stereocenters. The van der Waals surface area contributed by atoms with Gasteiger partial charge in [-0.2, -0.15) is 0 Å². The number of carbonyl (C=O) groups excluding carboxylic acids is 3. The van der Waals surface area contributed by atoms with Gasteiger partial charge in [0.05, 0.1) is 0 Å². The van der Waals surface area contributed by atoms with Gasteiger partial charge in [0.15, 0.2) is 0 Å². The maximum Gasteiger partial charge on any atom is 0.240 e. The molecule has 3 rings (SSSR count). The summed E-state index contributed by atoms with van der Waals surface area (Å²) in [5, 5.41) is 3.58. The van der Waals surface area contributed by atoms with Gasteiger partial charge in [-0.25, -0.2) is 0 Å². The van der Waals surface area contributed by atoms with Crippen LogP contribution in [0.4, 0.5) is 5.69 Å². The molecule has 1 aromatic carbocycles. The number of carbonyl (C=O) groups is 3. The van der Waals surface area contributed by atoms with E-state index in [1.54, 1.807) is 28.0 Å². The van der Waals surface area contributed by atoms with E-state index in [4.69, 9.17) is 23.2 Å². The van der Waals surface area contributed by atoms with Crippen molar-refractivity contribution >= 4 is 47.1 Å². The summed E-state index contributed by atoms with van der Waals surface area (Å²) in [6, 6.07) is 4.76. The Morgan fingerprint density at radius 1 is 1.04 bits per heavy atom. The van der Waals surface area contributed by atoms with Gasteiger partial charge in [-0.05, 0) is 31.0 Å². The first-order chi connectivity index (χ1) is 11.4. The predicted octanol–water partition coefficient (Wildman–Crippen LogP) is 2.01. The third-order valence-electron chi connectivity index (χ3n) is 4.46. The Balaban J connectivity index is 1.67. The number of rotatable bonds is 4. The zero-order valence-electron chi connectivity index (χ0n) is 12.9. The lowest BCUT2D eigenvalue weighted by Gasteiger charge is -2.34. The highest BCUT2D eigenvalue weighted by atomic mass is 35.5. The highest BCUT2D eigenvalue weighted by molar-refractivity contribution is 6.35. The average molecular weight is 370 g/mol. The Morgan fingerprint density at radius 2 is 1.62 bits per heavy atom. The number of nitrogens with zero attached hydrogens (tertiary/aromatic N) is 2. The van der Waals surface area contributed by atoms with E-state index < -0.39 is 5.41 Å². The number of hydrogen-bond donors (Lipinski definition) is 1. The van der Waals surface area contributed by atoms with Gasteiger partial charge in [-0.1, -0.05) is 23.2 Å². The van der Waals surface area contributed by atoms with Crippen molar-refractivity contribution in [3.63, 3.8) is 0 Å². The number of nitrogens with one attached hydrogen (secondary N) is 1. The van der Waals surface area contributed by atoms with Gasteiger partial charge >= 0.3 is 0 Å². The van der Waals surface area contributed by atoms with Crippen molar-refractivity contribution in [2.24, 2.45) is 5.41 Å². The van der Waals surface area contributed by atoms with Crippen LogP contribution in [0, 0.1) is 5.41 Å². The fourth-order valence-electron chi connectivity index (χ4n) is 2.87. The normalized spacial score (nSPS) is 18.9. The number of benzene rings is 1. The second-order valence-electron chi connectivity index (χ2n) is 6.13. The Morgan fingerprint density at radius 3 is 2.12 bits per heavy atom. The van der Waals surface area contributed by atoms with Gasteiger partial charge in [0, 0.05) is 41.9 Å². The quantitative estimate of drug-likeness (QED) is 0.651. The van der Waals surface area contributed by atoms with Crippen LogP contribution in [0.1, 0.15) is 12.8 Å². The van der Waals surface area contributed by atoms with E-state index in [2.05, 4.69) is 5.32 Å². The molecular weight excluding hydrogens is 353 g/mol. The minimum atomic E-state index is -1.00. The fourth-order valence-corrected chi connectivity index (χ4v) is 3.40. The summed E-state index contributed by atoms with van der Waals surface area (Å²) in [7, 11) is 0. The van der Waals surface area contributed by atoms with Crippen LogP contribution >= 0.6 is 23.2 Å². The van der Waals surface area contributed by atoms with E-state index >= 15 is 0 Å². The summed E-state index contributed by atoms with van der Waals surface area (Å²) in [4.78, 5) is 39.4. The molecule has 24 heavy (non-hydrogen) atoms. The monoisotopic (exact) mass is 369 g/mol. The molecule has 128 valence electrons. The SMILES string of the molecule is O=CN1CCN(C(=O)C2(C(=O)Nc3cc(Cl)cc(Cl)c3)CC2)CC1. The molecule has 2 aliphatic rings.